The van der Waals surface area contributed by atoms with Crippen LogP contribution in [0.1, 0.15) is 23.2 Å². The van der Waals surface area contributed by atoms with Gasteiger partial charge >= 0.3 is 6.18 Å². The van der Waals surface area contributed by atoms with Gasteiger partial charge in [-0.05, 0) is 36.6 Å². The van der Waals surface area contributed by atoms with E-state index in [1.165, 1.54) is 17.0 Å². The number of nitrogens with zero attached hydrogens (tertiary/aromatic N) is 4. The molecule has 1 fully saturated rings. The number of halogens is 6. The van der Waals surface area contributed by atoms with Crippen LogP contribution < -0.4 is 9.64 Å². The monoisotopic (exact) mass is 508 g/mol. The van der Waals surface area contributed by atoms with E-state index in [0.717, 1.165) is 0 Å². The average Bonchev–Trinajstić information content (AvgIpc) is 2.75. The molecule has 7 nitrogen and oxygen atoms in total. The van der Waals surface area contributed by atoms with Gasteiger partial charge in [0.25, 0.3) is 6.43 Å². The van der Waals surface area contributed by atoms with Gasteiger partial charge in [-0.2, -0.15) is 18.3 Å². The highest BCUT2D eigenvalue weighted by molar-refractivity contribution is 6.29. The summed E-state index contributed by atoms with van der Waals surface area (Å²) in [6, 6.07) is 4.51. The third kappa shape index (κ3) is 7.45. The molecule has 0 spiro atoms. The Bertz CT molecular complexity index is 1010. The predicted octanol–water partition coefficient (Wildman–Crippen LogP) is 3.99. The molecule has 1 atom stereocenters. The molecule has 0 bridgehead atoms. The highest BCUT2D eigenvalue weighted by Gasteiger charge is 2.43. The summed E-state index contributed by atoms with van der Waals surface area (Å²) in [5, 5.41) is 8.15. The molecule has 0 aromatic carbocycles. The molecule has 34 heavy (non-hydrogen) atoms. The summed E-state index contributed by atoms with van der Waals surface area (Å²) < 4.78 is 73.2. The number of ketones is 1. The number of carbonyl (C=O) groups excluding carboxylic acids is 1. The zero-order valence-corrected chi connectivity index (χ0v) is 18.9. The summed E-state index contributed by atoms with van der Waals surface area (Å²) >= 11 is 5.87. The van der Waals surface area contributed by atoms with Crippen molar-refractivity contribution < 1.29 is 36.2 Å². The maximum atomic E-state index is 13.0. The number of aryl methyl sites for hydroxylation is 2. The van der Waals surface area contributed by atoms with Crippen molar-refractivity contribution in [1.29, 1.82) is 0 Å². The van der Waals surface area contributed by atoms with Gasteiger partial charge in [0.1, 0.15) is 10.9 Å². The summed E-state index contributed by atoms with van der Waals surface area (Å²) in [5.41, 5.74) is 1.63. The summed E-state index contributed by atoms with van der Waals surface area (Å²) in [7, 11) is 0. The van der Waals surface area contributed by atoms with Crippen LogP contribution in [0.5, 0.6) is 5.88 Å². The van der Waals surface area contributed by atoms with Gasteiger partial charge in [-0.25, -0.2) is 13.8 Å². The maximum absolute atomic E-state index is 13.0. The van der Waals surface area contributed by atoms with Crippen LogP contribution in [0.15, 0.2) is 18.2 Å². The van der Waals surface area contributed by atoms with Crippen LogP contribution in [-0.2, 0) is 22.4 Å². The van der Waals surface area contributed by atoms with Gasteiger partial charge in [0.05, 0.1) is 18.8 Å². The molecule has 1 aliphatic heterocycles. The molecular weight excluding hydrogens is 487 g/mol. The third-order valence-electron chi connectivity index (χ3n) is 4.99. The van der Waals surface area contributed by atoms with E-state index in [-0.39, 0.29) is 55.8 Å². The Labute approximate surface area is 197 Å². The molecule has 3 rings (SSSR count). The van der Waals surface area contributed by atoms with E-state index in [9.17, 15) is 26.7 Å². The Morgan fingerprint density at radius 2 is 2.06 bits per heavy atom. The van der Waals surface area contributed by atoms with Crippen molar-refractivity contribution in [2.45, 2.75) is 44.9 Å². The van der Waals surface area contributed by atoms with Crippen LogP contribution >= 0.6 is 11.6 Å². The Kier molecular flexibility index (Phi) is 8.58. The van der Waals surface area contributed by atoms with E-state index >= 15 is 0 Å². The average molecular weight is 509 g/mol. The van der Waals surface area contributed by atoms with Gasteiger partial charge in [-0.3, -0.25) is 4.79 Å². The van der Waals surface area contributed by atoms with Crippen molar-refractivity contribution in [3.05, 3.63) is 40.2 Å². The molecule has 3 heterocycles. The van der Waals surface area contributed by atoms with Crippen LogP contribution in [0.25, 0.3) is 0 Å². The number of alkyl halides is 5. The predicted molar refractivity (Wildman–Crippen MR) is 113 cm³/mol. The topological polar surface area (TPSA) is 77.4 Å². The molecule has 2 aromatic heterocycles. The maximum Gasteiger partial charge on any atom is 0.416 e. The molecular formula is C21H22ClF5N4O3. The zero-order chi connectivity index (χ0) is 24.9. The molecule has 0 amide bonds. The van der Waals surface area contributed by atoms with Gasteiger partial charge in [-0.15, -0.1) is 5.10 Å². The minimum Gasteiger partial charge on any atom is -0.472 e. The van der Waals surface area contributed by atoms with Gasteiger partial charge in [-0.1, -0.05) is 11.6 Å². The summed E-state index contributed by atoms with van der Waals surface area (Å²) in [5.74, 6) is 0.0886. The number of hydrogen-bond donors (Lipinski definition) is 0. The molecule has 1 aliphatic rings. The normalized spacial score (nSPS) is 16.7. The van der Waals surface area contributed by atoms with Gasteiger partial charge < -0.3 is 14.4 Å². The molecule has 2 aromatic rings. The van der Waals surface area contributed by atoms with Crippen LogP contribution in [0.3, 0.4) is 0 Å². The second kappa shape index (κ2) is 11.2. The van der Waals surface area contributed by atoms with Gasteiger partial charge in [0.15, 0.2) is 18.5 Å². The Hall–Kier alpha value is -2.60. The number of pyridine rings is 1. The van der Waals surface area contributed by atoms with E-state index in [2.05, 4.69) is 15.2 Å². The summed E-state index contributed by atoms with van der Waals surface area (Å²) in [6.45, 7) is 0.699. The SMILES string of the molecule is Cc1cc(CCC(=O)Cc2cc(Cl)nc(OCC(F)F)c2)nnc1N1CCOC(C(F)(F)F)C1. The molecule has 0 radical (unpaired) electrons. The molecule has 1 unspecified atom stereocenters. The number of carbonyl (C=O) groups is 1. The lowest BCUT2D eigenvalue weighted by Crippen LogP contribution is -2.49. The highest BCUT2D eigenvalue weighted by atomic mass is 35.5. The number of hydrogen-bond acceptors (Lipinski definition) is 7. The molecule has 186 valence electrons. The fourth-order valence-corrected chi connectivity index (χ4v) is 3.66. The first-order chi connectivity index (χ1) is 16.0. The molecule has 0 saturated carbocycles. The number of rotatable bonds is 9. The van der Waals surface area contributed by atoms with Crippen molar-refractivity contribution in [3.8, 4) is 5.88 Å². The van der Waals surface area contributed by atoms with E-state index in [0.29, 0.717) is 22.6 Å². The number of ether oxygens (including phenoxy) is 2. The Balaban J connectivity index is 1.57. The lowest BCUT2D eigenvalue weighted by atomic mass is 10.1. The lowest BCUT2D eigenvalue weighted by Gasteiger charge is -2.34. The molecule has 0 aliphatic carbocycles. The van der Waals surface area contributed by atoms with Crippen molar-refractivity contribution in [2.75, 3.05) is 31.2 Å². The number of aromatic nitrogens is 3. The largest absolute Gasteiger partial charge is 0.472 e. The number of morpholine rings is 1. The number of anilines is 1. The van der Waals surface area contributed by atoms with Crippen LogP contribution in [-0.4, -0.2) is 66.0 Å². The minimum absolute atomic E-state index is 0.00954. The molecule has 1 saturated heterocycles. The first-order valence-corrected chi connectivity index (χ1v) is 10.7. The summed E-state index contributed by atoms with van der Waals surface area (Å²) in [6.07, 6.45) is -8.64. The van der Waals surface area contributed by atoms with Crippen molar-refractivity contribution in [1.82, 2.24) is 15.2 Å². The smallest absolute Gasteiger partial charge is 0.416 e. The van der Waals surface area contributed by atoms with Crippen molar-refractivity contribution in [3.63, 3.8) is 0 Å². The number of Topliss-reactive ketones (excluding diaryl/α,β-unsaturated/α-hetero) is 1. The molecule has 13 heteroatoms. The van der Waals surface area contributed by atoms with Crippen LogP contribution in [0, 0.1) is 6.92 Å². The summed E-state index contributed by atoms with van der Waals surface area (Å²) in [4.78, 5) is 17.7. The first kappa shape index (κ1) is 26.0. The minimum atomic E-state index is -4.46. The second-order valence-electron chi connectivity index (χ2n) is 7.74. The fourth-order valence-electron chi connectivity index (χ4n) is 3.44. The second-order valence-corrected chi connectivity index (χ2v) is 8.13. The fraction of sp³-hybridized carbons (Fsp3) is 0.524. The van der Waals surface area contributed by atoms with Crippen LogP contribution in [0.4, 0.5) is 27.8 Å². The Morgan fingerprint density at radius 1 is 1.29 bits per heavy atom. The van der Waals surface area contributed by atoms with Gasteiger partial charge in [0, 0.05) is 25.5 Å². The highest BCUT2D eigenvalue weighted by Crippen LogP contribution is 2.28. The quantitative estimate of drug-likeness (QED) is 0.374. The zero-order valence-electron chi connectivity index (χ0n) is 18.1. The van der Waals surface area contributed by atoms with E-state index in [1.54, 1.807) is 13.0 Å². The lowest BCUT2D eigenvalue weighted by molar-refractivity contribution is -0.221. The Morgan fingerprint density at radius 3 is 2.74 bits per heavy atom. The first-order valence-electron chi connectivity index (χ1n) is 10.4. The third-order valence-corrected chi connectivity index (χ3v) is 5.18. The van der Waals surface area contributed by atoms with E-state index in [1.807, 2.05) is 0 Å². The van der Waals surface area contributed by atoms with Crippen LogP contribution in [0.2, 0.25) is 5.15 Å². The standard InChI is InChI=1S/C21H22ClF5N4O3/c1-12-6-14(29-30-20(12)31-4-5-33-16(10-31)21(25,26)27)2-3-15(32)7-13-8-17(22)28-19(9-13)34-11-18(23)24/h6,8-9,16,18H,2-5,7,10-11H2,1H3. The van der Waals surface area contributed by atoms with E-state index in [4.69, 9.17) is 21.1 Å². The van der Waals surface area contributed by atoms with E-state index < -0.39 is 25.3 Å². The van der Waals surface area contributed by atoms with Crippen molar-refractivity contribution >= 4 is 23.2 Å². The van der Waals surface area contributed by atoms with Crippen molar-refractivity contribution in [2.24, 2.45) is 0 Å². The van der Waals surface area contributed by atoms with Gasteiger partial charge in [0.2, 0.25) is 5.88 Å². The molecule has 0 N–H and O–H groups in total.